The Balaban J connectivity index is 1.47. The van der Waals surface area contributed by atoms with Crippen molar-refractivity contribution in [3.05, 3.63) is 89.1 Å². The lowest BCUT2D eigenvalue weighted by molar-refractivity contribution is -0.137. The molecule has 1 aromatic carbocycles. The van der Waals surface area contributed by atoms with Gasteiger partial charge in [0.05, 0.1) is 17.6 Å². The zero-order valence-electron chi connectivity index (χ0n) is 15.9. The Morgan fingerprint density at radius 1 is 1.10 bits per heavy atom. The molecule has 0 saturated carbocycles. The second-order valence-electron chi connectivity index (χ2n) is 6.62. The van der Waals surface area contributed by atoms with Gasteiger partial charge in [-0.25, -0.2) is 0 Å². The molecule has 4 aromatic rings. The molecule has 3 aromatic heterocycles. The Morgan fingerprint density at radius 3 is 2.73 bits per heavy atom. The first-order valence-corrected chi connectivity index (χ1v) is 9.19. The minimum Gasteiger partial charge on any atom is -0.487 e. The normalized spacial score (nSPS) is 10.7. The molecule has 0 bridgehead atoms. The second-order valence-corrected chi connectivity index (χ2v) is 6.62. The average molecular weight is 402 g/mol. The third-order valence-corrected chi connectivity index (χ3v) is 4.47. The summed E-state index contributed by atoms with van der Waals surface area (Å²) in [5, 5.41) is 15.7. The molecule has 0 aliphatic heterocycles. The Kier molecular flexibility index (Phi) is 5.38. The van der Waals surface area contributed by atoms with Crippen LogP contribution in [0.25, 0.3) is 22.5 Å². The Hall–Kier alpha value is -4.20. The maximum Gasteiger partial charge on any atom is 0.323 e. The number of hydrogen-bond donors (Lipinski definition) is 2. The van der Waals surface area contributed by atoms with Crippen LogP contribution in [0.1, 0.15) is 5.56 Å². The van der Waals surface area contributed by atoms with Gasteiger partial charge in [0.25, 0.3) is 5.56 Å². The monoisotopic (exact) mass is 402 g/mol. The second kappa shape index (κ2) is 8.44. The fourth-order valence-electron chi connectivity index (χ4n) is 3.00. The van der Waals surface area contributed by atoms with Crippen molar-refractivity contribution in [2.75, 3.05) is 0 Å². The van der Waals surface area contributed by atoms with Crippen molar-refractivity contribution >= 4 is 5.97 Å². The first-order chi connectivity index (χ1) is 14.6. The van der Waals surface area contributed by atoms with Crippen LogP contribution in [0.5, 0.6) is 5.75 Å². The number of pyridine rings is 2. The number of carboxylic acid groups (broad SMARTS) is 1. The molecule has 0 aliphatic carbocycles. The number of nitrogens with zero attached hydrogens (tertiary/aromatic N) is 3. The molecule has 8 nitrogen and oxygen atoms in total. The van der Waals surface area contributed by atoms with Gasteiger partial charge in [0, 0.05) is 18.5 Å². The van der Waals surface area contributed by atoms with Crippen LogP contribution < -0.4 is 10.3 Å². The van der Waals surface area contributed by atoms with Crippen LogP contribution in [0.15, 0.2) is 78.0 Å². The van der Waals surface area contributed by atoms with E-state index in [-0.39, 0.29) is 12.1 Å². The highest BCUT2D eigenvalue weighted by Crippen LogP contribution is 2.21. The number of H-pyrrole nitrogens is 1. The van der Waals surface area contributed by atoms with Crippen molar-refractivity contribution in [1.82, 2.24) is 19.7 Å². The smallest absolute Gasteiger partial charge is 0.323 e. The van der Waals surface area contributed by atoms with Gasteiger partial charge in [-0.3, -0.25) is 19.7 Å². The molecule has 30 heavy (non-hydrogen) atoms. The van der Waals surface area contributed by atoms with E-state index in [1.165, 1.54) is 10.6 Å². The van der Waals surface area contributed by atoms with Crippen molar-refractivity contribution in [2.24, 2.45) is 0 Å². The zero-order valence-corrected chi connectivity index (χ0v) is 15.9. The van der Waals surface area contributed by atoms with Crippen LogP contribution in [0.3, 0.4) is 0 Å². The molecule has 0 amide bonds. The predicted molar refractivity (Wildman–Crippen MR) is 110 cm³/mol. The molecular formula is C22H18N4O4. The van der Waals surface area contributed by atoms with E-state index in [0.29, 0.717) is 12.4 Å². The lowest BCUT2D eigenvalue weighted by atomic mass is 10.1. The predicted octanol–water partition coefficient (Wildman–Crippen LogP) is 2.96. The van der Waals surface area contributed by atoms with Crippen molar-refractivity contribution in [1.29, 1.82) is 0 Å². The molecule has 0 unspecified atom stereocenters. The molecule has 0 aliphatic rings. The molecule has 2 N–H and O–H groups in total. The molecule has 3 heterocycles. The van der Waals surface area contributed by atoms with Gasteiger partial charge in [-0.05, 0) is 47.0 Å². The minimum absolute atomic E-state index is 0.341. The van der Waals surface area contributed by atoms with Crippen LogP contribution in [0.2, 0.25) is 0 Å². The van der Waals surface area contributed by atoms with Gasteiger partial charge in [-0.15, -0.1) is 0 Å². The van der Waals surface area contributed by atoms with E-state index >= 15 is 0 Å². The molecule has 8 heteroatoms. The molecule has 0 fully saturated rings. The Bertz CT molecular complexity index is 1210. The van der Waals surface area contributed by atoms with Crippen LogP contribution in [-0.4, -0.2) is 30.8 Å². The topological polar surface area (TPSA) is 110 Å². The Labute approximate surface area is 171 Å². The highest BCUT2D eigenvalue weighted by molar-refractivity contribution is 5.67. The number of carbonyl (C=O) groups is 1. The van der Waals surface area contributed by atoms with Gasteiger partial charge in [-0.1, -0.05) is 18.2 Å². The molecule has 0 saturated heterocycles. The summed E-state index contributed by atoms with van der Waals surface area (Å²) >= 11 is 0. The lowest BCUT2D eigenvalue weighted by Gasteiger charge is -2.10. The van der Waals surface area contributed by atoms with E-state index in [0.717, 1.165) is 28.1 Å². The SMILES string of the molecule is O=C(O)Cn1cc(-c2cccc(COc3ccc(-c4ccn[nH]4)nc3)c2)ccc1=O. The number of aliphatic carboxylic acids is 1. The van der Waals surface area contributed by atoms with E-state index in [9.17, 15) is 9.59 Å². The minimum atomic E-state index is -1.07. The van der Waals surface area contributed by atoms with E-state index in [1.807, 2.05) is 42.5 Å². The summed E-state index contributed by atoms with van der Waals surface area (Å²) in [5.41, 5.74) is 3.80. The summed E-state index contributed by atoms with van der Waals surface area (Å²) in [5.74, 6) is -0.428. The Morgan fingerprint density at radius 2 is 2.00 bits per heavy atom. The summed E-state index contributed by atoms with van der Waals surface area (Å²) < 4.78 is 7.00. The van der Waals surface area contributed by atoms with Crippen molar-refractivity contribution < 1.29 is 14.6 Å². The van der Waals surface area contributed by atoms with Gasteiger partial charge in [0.1, 0.15) is 18.9 Å². The summed E-state index contributed by atoms with van der Waals surface area (Å²) in [6, 6.07) is 16.2. The van der Waals surface area contributed by atoms with Gasteiger partial charge in [0.15, 0.2) is 0 Å². The van der Waals surface area contributed by atoms with Crippen LogP contribution in [0, 0.1) is 0 Å². The third-order valence-electron chi connectivity index (χ3n) is 4.47. The summed E-state index contributed by atoms with van der Waals surface area (Å²) in [4.78, 5) is 27.1. The molecular weight excluding hydrogens is 384 g/mol. The number of benzene rings is 1. The van der Waals surface area contributed by atoms with Crippen LogP contribution in [-0.2, 0) is 17.9 Å². The van der Waals surface area contributed by atoms with E-state index in [2.05, 4.69) is 15.2 Å². The zero-order chi connectivity index (χ0) is 20.9. The van der Waals surface area contributed by atoms with E-state index < -0.39 is 5.97 Å². The summed E-state index contributed by atoms with van der Waals surface area (Å²) in [6.07, 6.45) is 4.87. The largest absolute Gasteiger partial charge is 0.487 e. The fourth-order valence-corrected chi connectivity index (χ4v) is 3.00. The van der Waals surface area contributed by atoms with E-state index in [4.69, 9.17) is 9.84 Å². The summed E-state index contributed by atoms with van der Waals surface area (Å²) in [7, 11) is 0. The highest BCUT2D eigenvalue weighted by Gasteiger charge is 2.06. The first-order valence-electron chi connectivity index (χ1n) is 9.19. The molecule has 4 rings (SSSR count). The molecule has 0 atom stereocenters. The average Bonchev–Trinajstić information content (AvgIpc) is 3.29. The maximum atomic E-state index is 11.8. The van der Waals surface area contributed by atoms with Crippen LogP contribution in [0.4, 0.5) is 0 Å². The van der Waals surface area contributed by atoms with Gasteiger partial charge >= 0.3 is 5.97 Å². The standard InChI is InChI=1S/C22H18N4O4/c27-21-7-4-17(12-26(21)13-22(28)29)16-3-1-2-15(10-16)14-30-18-5-6-19(23-11-18)20-8-9-24-25-20/h1-12H,13-14H2,(H,24,25)(H,28,29). The van der Waals surface area contributed by atoms with Gasteiger partial charge in [-0.2, -0.15) is 5.10 Å². The van der Waals surface area contributed by atoms with E-state index in [1.54, 1.807) is 24.7 Å². The van der Waals surface area contributed by atoms with Gasteiger partial charge < -0.3 is 14.4 Å². The first kappa shape index (κ1) is 19.1. The molecule has 0 radical (unpaired) electrons. The number of aromatic nitrogens is 4. The fraction of sp³-hybridized carbons (Fsp3) is 0.0909. The number of ether oxygens (including phenoxy) is 1. The van der Waals surface area contributed by atoms with Crippen molar-refractivity contribution in [3.8, 4) is 28.3 Å². The van der Waals surface area contributed by atoms with Gasteiger partial charge in [0.2, 0.25) is 0 Å². The third kappa shape index (κ3) is 4.44. The number of rotatable bonds is 7. The maximum absolute atomic E-state index is 11.8. The number of nitrogens with one attached hydrogen (secondary N) is 1. The quantitative estimate of drug-likeness (QED) is 0.492. The van der Waals surface area contributed by atoms with Crippen LogP contribution >= 0.6 is 0 Å². The summed E-state index contributed by atoms with van der Waals surface area (Å²) in [6.45, 7) is -0.0370. The number of hydrogen-bond acceptors (Lipinski definition) is 5. The lowest BCUT2D eigenvalue weighted by Crippen LogP contribution is -2.22. The molecule has 0 spiro atoms. The number of carboxylic acids is 1. The highest BCUT2D eigenvalue weighted by atomic mass is 16.5. The number of aromatic amines is 1. The van der Waals surface area contributed by atoms with Crippen molar-refractivity contribution in [2.45, 2.75) is 13.2 Å². The van der Waals surface area contributed by atoms with Crippen molar-refractivity contribution in [3.63, 3.8) is 0 Å². The molecule has 150 valence electrons.